The minimum absolute atomic E-state index is 0.209. The Hall–Kier alpha value is -3.73. The Balaban J connectivity index is 1.46. The Morgan fingerprint density at radius 3 is 2.34 bits per heavy atom. The van der Waals surface area contributed by atoms with Gasteiger partial charge >= 0.3 is 5.97 Å². The molecule has 0 saturated heterocycles. The van der Waals surface area contributed by atoms with E-state index in [1.165, 1.54) is 0 Å². The number of nitrogens with one attached hydrogen (secondary N) is 1. The van der Waals surface area contributed by atoms with Crippen LogP contribution in [0.5, 0.6) is 0 Å². The number of aliphatic carboxylic acids is 1. The summed E-state index contributed by atoms with van der Waals surface area (Å²) in [6, 6.07) is 24.0. The molecular formula is C24H20N2O3. The molecular weight excluding hydrogens is 364 g/mol. The van der Waals surface area contributed by atoms with Gasteiger partial charge in [0.05, 0.1) is 5.52 Å². The summed E-state index contributed by atoms with van der Waals surface area (Å²) in [6.07, 6.45) is 0.847. The fourth-order valence-corrected chi connectivity index (χ4v) is 3.39. The maximum atomic E-state index is 12.6. The van der Waals surface area contributed by atoms with Crippen LogP contribution in [-0.4, -0.2) is 28.0 Å². The fourth-order valence-electron chi connectivity index (χ4n) is 3.39. The van der Waals surface area contributed by atoms with E-state index in [4.69, 9.17) is 0 Å². The van der Waals surface area contributed by atoms with Crippen LogP contribution in [0.3, 0.4) is 0 Å². The zero-order chi connectivity index (χ0) is 20.2. The number of aromatic nitrogens is 1. The van der Waals surface area contributed by atoms with Crippen LogP contribution >= 0.6 is 0 Å². The third-order valence-electron chi connectivity index (χ3n) is 4.97. The predicted octanol–water partition coefficient (Wildman–Crippen LogP) is 4.20. The molecule has 5 nitrogen and oxygen atoms in total. The van der Waals surface area contributed by atoms with E-state index in [1.54, 1.807) is 6.07 Å². The van der Waals surface area contributed by atoms with Crippen molar-refractivity contribution in [3.8, 4) is 0 Å². The molecule has 1 heterocycles. The second-order valence-electron chi connectivity index (χ2n) is 6.97. The number of para-hydroxylation sites is 1. The lowest BCUT2D eigenvalue weighted by molar-refractivity contribution is -0.139. The Bertz CT molecular complexity index is 1200. The molecule has 5 heteroatoms. The van der Waals surface area contributed by atoms with Gasteiger partial charge in [-0.1, -0.05) is 66.7 Å². The van der Waals surface area contributed by atoms with Crippen molar-refractivity contribution in [3.63, 3.8) is 0 Å². The number of hydrogen-bond acceptors (Lipinski definition) is 3. The minimum atomic E-state index is -1.06. The molecule has 4 rings (SSSR count). The smallest absolute Gasteiger partial charge is 0.326 e. The summed E-state index contributed by atoms with van der Waals surface area (Å²) in [7, 11) is 0. The van der Waals surface area contributed by atoms with Gasteiger partial charge in [-0.05, 0) is 41.3 Å². The highest BCUT2D eigenvalue weighted by molar-refractivity contribution is 5.97. The van der Waals surface area contributed by atoms with Crippen molar-refractivity contribution >= 4 is 33.6 Å². The first-order valence-corrected chi connectivity index (χ1v) is 9.47. The van der Waals surface area contributed by atoms with Crippen LogP contribution in [0.4, 0.5) is 0 Å². The molecule has 3 aromatic carbocycles. The second-order valence-corrected chi connectivity index (χ2v) is 6.97. The largest absolute Gasteiger partial charge is 0.480 e. The number of benzene rings is 3. The number of fused-ring (bicyclic) bond motifs is 2. The van der Waals surface area contributed by atoms with Crippen molar-refractivity contribution < 1.29 is 14.7 Å². The van der Waals surface area contributed by atoms with Gasteiger partial charge < -0.3 is 10.4 Å². The van der Waals surface area contributed by atoms with Crippen molar-refractivity contribution in [1.82, 2.24) is 10.3 Å². The summed E-state index contributed by atoms with van der Waals surface area (Å²) in [4.78, 5) is 28.6. The van der Waals surface area contributed by atoms with Gasteiger partial charge in [0.15, 0.2) is 0 Å². The second kappa shape index (κ2) is 8.10. The Morgan fingerprint density at radius 2 is 1.55 bits per heavy atom. The number of carboxylic acid groups (broad SMARTS) is 1. The lowest BCUT2D eigenvalue weighted by Crippen LogP contribution is -2.41. The summed E-state index contributed by atoms with van der Waals surface area (Å²) < 4.78 is 0. The van der Waals surface area contributed by atoms with E-state index in [1.807, 2.05) is 66.7 Å². The zero-order valence-corrected chi connectivity index (χ0v) is 15.7. The highest BCUT2D eigenvalue weighted by Crippen LogP contribution is 2.17. The number of hydrogen-bond donors (Lipinski definition) is 2. The van der Waals surface area contributed by atoms with Crippen LogP contribution in [-0.2, 0) is 11.2 Å². The maximum absolute atomic E-state index is 12.6. The van der Waals surface area contributed by atoms with Gasteiger partial charge in [0.1, 0.15) is 11.7 Å². The number of nitrogens with zero attached hydrogens (tertiary/aromatic N) is 1. The maximum Gasteiger partial charge on any atom is 0.326 e. The first kappa shape index (κ1) is 18.6. The van der Waals surface area contributed by atoms with Gasteiger partial charge in [-0.15, -0.1) is 0 Å². The summed E-state index contributed by atoms with van der Waals surface area (Å²) in [5, 5.41) is 15.3. The van der Waals surface area contributed by atoms with Crippen LogP contribution in [0.15, 0.2) is 78.9 Å². The van der Waals surface area contributed by atoms with E-state index in [-0.39, 0.29) is 5.69 Å². The average Bonchev–Trinajstić information content (AvgIpc) is 2.75. The number of amides is 1. The lowest BCUT2D eigenvalue weighted by atomic mass is 10.0. The van der Waals surface area contributed by atoms with Crippen LogP contribution in [0, 0.1) is 0 Å². The normalized spacial score (nSPS) is 12.0. The summed E-state index contributed by atoms with van der Waals surface area (Å²) in [5.41, 5.74) is 1.94. The quantitative estimate of drug-likeness (QED) is 0.522. The summed E-state index contributed by atoms with van der Waals surface area (Å²) in [6.45, 7) is 0. The van der Waals surface area contributed by atoms with E-state index < -0.39 is 17.9 Å². The van der Waals surface area contributed by atoms with Gasteiger partial charge in [-0.3, -0.25) is 4.79 Å². The first-order chi connectivity index (χ1) is 14.1. The molecule has 0 saturated carbocycles. The number of carbonyl (C=O) groups excluding carboxylic acids is 1. The van der Waals surface area contributed by atoms with Gasteiger partial charge in [-0.2, -0.15) is 0 Å². The van der Waals surface area contributed by atoms with Crippen molar-refractivity contribution in [2.75, 3.05) is 0 Å². The van der Waals surface area contributed by atoms with Gasteiger partial charge in [0.25, 0.3) is 5.91 Å². The molecule has 0 aliphatic rings. The third-order valence-corrected chi connectivity index (χ3v) is 4.97. The monoisotopic (exact) mass is 384 g/mol. The van der Waals surface area contributed by atoms with E-state index >= 15 is 0 Å². The molecule has 144 valence electrons. The molecule has 1 unspecified atom stereocenters. The Labute approximate surface area is 168 Å². The molecule has 1 atom stereocenters. The Morgan fingerprint density at radius 1 is 0.862 bits per heavy atom. The molecule has 1 amide bonds. The molecule has 2 N–H and O–H groups in total. The minimum Gasteiger partial charge on any atom is -0.480 e. The lowest BCUT2D eigenvalue weighted by Gasteiger charge is -2.15. The summed E-state index contributed by atoms with van der Waals surface area (Å²) in [5.74, 6) is -1.54. The van der Waals surface area contributed by atoms with Crippen molar-refractivity contribution in [3.05, 3.63) is 90.1 Å². The van der Waals surface area contributed by atoms with Gasteiger partial charge in [0.2, 0.25) is 0 Å². The van der Waals surface area contributed by atoms with Crippen LogP contribution < -0.4 is 5.32 Å². The van der Waals surface area contributed by atoms with Crippen molar-refractivity contribution in [1.29, 1.82) is 0 Å². The van der Waals surface area contributed by atoms with E-state index in [0.29, 0.717) is 18.4 Å². The molecule has 29 heavy (non-hydrogen) atoms. The van der Waals surface area contributed by atoms with Gasteiger partial charge in [0, 0.05) is 5.39 Å². The van der Waals surface area contributed by atoms with Crippen LogP contribution in [0.2, 0.25) is 0 Å². The van der Waals surface area contributed by atoms with Crippen LogP contribution in [0.25, 0.3) is 21.7 Å². The topological polar surface area (TPSA) is 79.3 Å². The first-order valence-electron chi connectivity index (χ1n) is 9.47. The SMILES string of the molecule is O=C(NC(CCc1ccc2ccccc2c1)C(=O)O)c1ccc2ccccc2n1. The molecule has 0 bridgehead atoms. The molecule has 0 aliphatic heterocycles. The van der Waals surface area contributed by atoms with E-state index in [0.717, 1.165) is 21.7 Å². The highest BCUT2D eigenvalue weighted by atomic mass is 16.4. The molecule has 0 aliphatic carbocycles. The van der Waals surface area contributed by atoms with Crippen molar-refractivity contribution in [2.45, 2.75) is 18.9 Å². The third kappa shape index (κ3) is 4.24. The number of carboxylic acids is 1. The average molecular weight is 384 g/mol. The standard InChI is InChI=1S/C24H20N2O3/c27-23(21-14-12-18-6-3-4-8-20(18)25-21)26-22(24(28)29)13-10-16-9-11-17-5-1-2-7-19(17)15-16/h1-9,11-12,14-15,22H,10,13H2,(H,26,27)(H,28,29). The predicted molar refractivity (Wildman–Crippen MR) is 113 cm³/mol. The van der Waals surface area contributed by atoms with Crippen LogP contribution in [0.1, 0.15) is 22.5 Å². The molecule has 1 aromatic heterocycles. The molecule has 0 spiro atoms. The number of pyridine rings is 1. The molecule has 4 aromatic rings. The fraction of sp³-hybridized carbons (Fsp3) is 0.125. The zero-order valence-electron chi connectivity index (χ0n) is 15.7. The van der Waals surface area contributed by atoms with Crippen molar-refractivity contribution in [2.24, 2.45) is 0 Å². The number of aryl methyl sites for hydroxylation is 1. The van der Waals surface area contributed by atoms with E-state index in [2.05, 4.69) is 16.4 Å². The van der Waals surface area contributed by atoms with Gasteiger partial charge in [-0.25, -0.2) is 9.78 Å². The number of rotatable bonds is 6. The molecule has 0 radical (unpaired) electrons. The Kier molecular flexibility index (Phi) is 5.20. The summed E-state index contributed by atoms with van der Waals surface area (Å²) >= 11 is 0. The highest BCUT2D eigenvalue weighted by Gasteiger charge is 2.21. The van der Waals surface area contributed by atoms with E-state index in [9.17, 15) is 14.7 Å². The number of carbonyl (C=O) groups is 2. The molecule has 0 fully saturated rings.